The quantitative estimate of drug-likeness (QED) is 0.529. The van der Waals surface area contributed by atoms with Crippen LogP contribution in [-0.4, -0.2) is 63.2 Å². The third-order valence-electron chi connectivity index (χ3n) is 5.39. The second-order valence-electron chi connectivity index (χ2n) is 7.88. The largest absolute Gasteiger partial charge is 0.416 e. The lowest BCUT2D eigenvalue weighted by atomic mass is 9.96. The molecule has 186 valence electrons. The fraction of sp³-hybridized carbons (Fsp3) is 0.619. The molecule has 1 heterocycles. The first-order valence-corrected chi connectivity index (χ1v) is 10.5. The normalized spacial score (nSPS) is 16.0. The molecule has 0 aliphatic carbocycles. The molecule has 33 heavy (non-hydrogen) atoms. The number of rotatable bonds is 9. The van der Waals surface area contributed by atoms with E-state index in [2.05, 4.69) is 15.5 Å². The summed E-state index contributed by atoms with van der Waals surface area (Å²) in [6.45, 7) is 3.05. The Morgan fingerprint density at radius 2 is 1.58 bits per heavy atom. The molecule has 0 saturated carbocycles. The van der Waals surface area contributed by atoms with Gasteiger partial charge in [-0.15, -0.1) is 0 Å². The Bertz CT molecular complexity index is 773. The van der Waals surface area contributed by atoms with Gasteiger partial charge in [0, 0.05) is 38.7 Å². The van der Waals surface area contributed by atoms with E-state index in [4.69, 9.17) is 4.74 Å². The molecule has 0 aromatic heterocycles. The summed E-state index contributed by atoms with van der Waals surface area (Å²) >= 11 is 0. The topological polar surface area (TPSA) is 70.7 Å². The number of carbonyl (C=O) groups excluding carboxylic acids is 2. The average Bonchev–Trinajstić information content (AvgIpc) is 2.75. The number of piperidine rings is 1. The molecule has 12 heteroatoms. The van der Waals surface area contributed by atoms with Crippen LogP contribution >= 0.6 is 0 Å². The second-order valence-corrected chi connectivity index (χ2v) is 7.88. The maximum absolute atomic E-state index is 13.0. The Kier molecular flexibility index (Phi) is 9.53. The number of amides is 2. The molecule has 2 amide bonds. The number of carbonyl (C=O) groups is 2. The highest BCUT2D eigenvalue weighted by Crippen LogP contribution is 2.36. The van der Waals surface area contributed by atoms with E-state index in [9.17, 15) is 35.9 Å². The highest BCUT2D eigenvalue weighted by Gasteiger charge is 2.37. The van der Waals surface area contributed by atoms with E-state index in [0.29, 0.717) is 57.8 Å². The van der Waals surface area contributed by atoms with Gasteiger partial charge in [-0.25, -0.2) is 0 Å². The maximum Gasteiger partial charge on any atom is 0.416 e. The molecule has 1 aromatic carbocycles. The summed E-state index contributed by atoms with van der Waals surface area (Å²) in [7, 11) is 1.51. The van der Waals surface area contributed by atoms with E-state index in [0.717, 1.165) is 0 Å². The molecule has 0 unspecified atom stereocenters. The lowest BCUT2D eigenvalue weighted by Gasteiger charge is -2.32. The van der Waals surface area contributed by atoms with Crippen molar-refractivity contribution >= 4 is 11.8 Å². The van der Waals surface area contributed by atoms with E-state index in [1.54, 1.807) is 0 Å². The van der Waals surface area contributed by atoms with Crippen LogP contribution in [0.5, 0.6) is 0 Å². The molecule has 2 rings (SSSR count). The van der Waals surface area contributed by atoms with Gasteiger partial charge in [-0.3, -0.25) is 9.59 Å². The van der Waals surface area contributed by atoms with Gasteiger partial charge in [0.1, 0.15) is 0 Å². The number of likely N-dealkylation sites (tertiary alicyclic amines) is 1. The van der Waals surface area contributed by atoms with Crippen LogP contribution in [0.15, 0.2) is 18.2 Å². The molecular weight excluding hydrogens is 456 g/mol. The first-order chi connectivity index (χ1) is 15.4. The van der Waals surface area contributed by atoms with Crippen molar-refractivity contribution in [3.63, 3.8) is 0 Å². The molecule has 1 aliphatic heterocycles. The summed E-state index contributed by atoms with van der Waals surface area (Å²) in [6.07, 6.45) is -8.32. The maximum atomic E-state index is 13.0. The first-order valence-electron chi connectivity index (χ1n) is 10.5. The number of benzene rings is 1. The van der Waals surface area contributed by atoms with E-state index in [1.165, 1.54) is 7.11 Å². The zero-order valence-corrected chi connectivity index (χ0v) is 18.1. The fourth-order valence-electron chi connectivity index (χ4n) is 3.48. The number of ether oxygens (including phenoxy) is 1. The lowest BCUT2D eigenvalue weighted by molar-refractivity contribution is -0.143. The summed E-state index contributed by atoms with van der Waals surface area (Å²) in [5.74, 6) is -1.03. The number of hydrogen-bond acceptors (Lipinski definition) is 4. The summed E-state index contributed by atoms with van der Waals surface area (Å²) in [5, 5.41) is 5.24. The summed E-state index contributed by atoms with van der Waals surface area (Å²) in [4.78, 5) is 26.0. The van der Waals surface area contributed by atoms with Crippen molar-refractivity contribution < 1.29 is 40.7 Å². The molecule has 2 N–H and O–H groups in total. The van der Waals surface area contributed by atoms with Crippen molar-refractivity contribution in [2.24, 2.45) is 5.92 Å². The van der Waals surface area contributed by atoms with E-state index in [1.807, 2.05) is 0 Å². The molecule has 6 nitrogen and oxygen atoms in total. The Labute approximate surface area is 187 Å². The number of halogens is 6. The number of nitrogens with one attached hydrogen (secondary N) is 2. The van der Waals surface area contributed by atoms with Crippen molar-refractivity contribution in [3.05, 3.63) is 34.9 Å². The van der Waals surface area contributed by atoms with Gasteiger partial charge >= 0.3 is 12.4 Å². The number of hydrogen-bond donors (Lipinski definition) is 2. The standard InChI is InChI=1S/C21H27F6N3O3/c1-33-9-4-18(31)28-5-8-30-6-2-14(3-7-30)13-29-19(32)15-10-16(20(22,23)24)12-17(11-15)21(25,26)27/h10-12,14H,2-9,13H2,1H3,(H,28,31)(H,29,32). The highest BCUT2D eigenvalue weighted by atomic mass is 19.4. The minimum atomic E-state index is -5.01. The molecule has 1 saturated heterocycles. The molecular formula is C21H27F6N3O3. The first kappa shape index (κ1) is 26.9. The predicted molar refractivity (Wildman–Crippen MR) is 107 cm³/mol. The predicted octanol–water partition coefficient (Wildman–Crippen LogP) is 3.32. The molecule has 0 spiro atoms. The SMILES string of the molecule is COCCC(=O)NCCN1CCC(CNC(=O)c2cc(C(F)(F)F)cc(C(F)(F)F)c2)CC1. The van der Waals surface area contributed by atoms with E-state index < -0.39 is 35.0 Å². The van der Waals surface area contributed by atoms with E-state index in [-0.39, 0.29) is 30.9 Å². The van der Waals surface area contributed by atoms with Crippen LogP contribution in [0, 0.1) is 5.92 Å². The van der Waals surface area contributed by atoms with Crippen LogP contribution in [0.25, 0.3) is 0 Å². The summed E-state index contributed by atoms with van der Waals surface area (Å²) in [6, 6.07) is 0.842. The molecule has 1 fully saturated rings. The van der Waals surface area contributed by atoms with Gasteiger partial charge in [-0.1, -0.05) is 0 Å². The number of alkyl halides is 6. The van der Waals surface area contributed by atoms with Crippen LogP contribution < -0.4 is 10.6 Å². The summed E-state index contributed by atoms with van der Waals surface area (Å²) < 4.78 is 82.6. The molecule has 0 radical (unpaired) electrons. The van der Waals surface area contributed by atoms with Crippen molar-refractivity contribution in [2.45, 2.75) is 31.6 Å². The molecule has 0 bridgehead atoms. The Hall–Kier alpha value is -2.34. The van der Waals surface area contributed by atoms with Crippen molar-refractivity contribution in [1.82, 2.24) is 15.5 Å². The van der Waals surface area contributed by atoms with Gasteiger partial charge in [-0.05, 0) is 50.0 Å². The van der Waals surface area contributed by atoms with Gasteiger partial charge < -0.3 is 20.3 Å². The van der Waals surface area contributed by atoms with Gasteiger partial charge in [0.15, 0.2) is 0 Å². The Morgan fingerprint density at radius 3 is 2.09 bits per heavy atom. The van der Waals surface area contributed by atoms with Gasteiger partial charge in [-0.2, -0.15) is 26.3 Å². The molecule has 0 atom stereocenters. The Balaban J connectivity index is 1.83. The fourth-order valence-corrected chi connectivity index (χ4v) is 3.48. The number of nitrogens with zero attached hydrogens (tertiary/aromatic N) is 1. The van der Waals surface area contributed by atoms with Crippen molar-refractivity contribution in [1.29, 1.82) is 0 Å². The van der Waals surface area contributed by atoms with Gasteiger partial charge in [0.25, 0.3) is 5.91 Å². The lowest BCUT2D eigenvalue weighted by Crippen LogP contribution is -2.42. The highest BCUT2D eigenvalue weighted by molar-refractivity contribution is 5.94. The van der Waals surface area contributed by atoms with Crippen LogP contribution in [-0.2, 0) is 21.9 Å². The summed E-state index contributed by atoms with van der Waals surface area (Å²) in [5.41, 5.74) is -3.73. The zero-order chi connectivity index (χ0) is 24.6. The molecule has 1 aromatic rings. The van der Waals surface area contributed by atoms with Crippen LogP contribution in [0.2, 0.25) is 0 Å². The van der Waals surface area contributed by atoms with Crippen molar-refractivity contribution in [3.8, 4) is 0 Å². The van der Waals surface area contributed by atoms with Crippen LogP contribution in [0.4, 0.5) is 26.3 Å². The third kappa shape index (κ3) is 8.84. The van der Waals surface area contributed by atoms with E-state index >= 15 is 0 Å². The third-order valence-corrected chi connectivity index (χ3v) is 5.39. The monoisotopic (exact) mass is 483 g/mol. The number of methoxy groups -OCH3 is 1. The van der Waals surface area contributed by atoms with Crippen LogP contribution in [0.1, 0.15) is 40.7 Å². The van der Waals surface area contributed by atoms with Gasteiger partial charge in [0.05, 0.1) is 17.7 Å². The zero-order valence-electron chi connectivity index (χ0n) is 18.1. The second kappa shape index (κ2) is 11.7. The van der Waals surface area contributed by atoms with Crippen molar-refractivity contribution in [2.75, 3.05) is 46.4 Å². The minimum absolute atomic E-state index is 0.00743. The molecule has 1 aliphatic rings. The smallest absolute Gasteiger partial charge is 0.384 e. The van der Waals surface area contributed by atoms with Crippen LogP contribution in [0.3, 0.4) is 0 Å². The average molecular weight is 483 g/mol. The van der Waals surface area contributed by atoms with Gasteiger partial charge in [0.2, 0.25) is 5.91 Å². The Morgan fingerprint density at radius 1 is 1.00 bits per heavy atom. The minimum Gasteiger partial charge on any atom is -0.384 e.